The van der Waals surface area contributed by atoms with Crippen LogP contribution in [0.5, 0.6) is 5.75 Å². The molecule has 4 heteroatoms. The molecule has 0 aliphatic heterocycles. The van der Waals surface area contributed by atoms with E-state index in [1.807, 2.05) is 58.2 Å². The summed E-state index contributed by atoms with van der Waals surface area (Å²) < 4.78 is 7.51. The zero-order valence-electron chi connectivity index (χ0n) is 12.5. The number of nitrogens with two attached hydrogens (primary N) is 1. The molecule has 1 aromatic carbocycles. The lowest BCUT2D eigenvalue weighted by Crippen LogP contribution is -2.25. The molecule has 20 heavy (non-hydrogen) atoms. The molecule has 1 aromatic heterocycles. The van der Waals surface area contributed by atoms with Crippen molar-refractivity contribution in [1.82, 2.24) is 4.57 Å². The Labute approximate surface area is 119 Å². The van der Waals surface area contributed by atoms with Gasteiger partial charge in [0.05, 0.1) is 10.9 Å². The normalized spacial score (nSPS) is 13.4. The van der Waals surface area contributed by atoms with Crippen LogP contribution < -0.4 is 10.5 Å². The van der Waals surface area contributed by atoms with E-state index in [2.05, 4.69) is 4.57 Å². The van der Waals surface area contributed by atoms with Gasteiger partial charge in [0.2, 0.25) is 0 Å². The van der Waals surface area contributed by atoms with Gasteiger partial charge in [-0.05, 0) is 51.3 Å². The Kier molecular flexibility index (Phi) is 3.86. The van der Waals surface area contributed by atoms with Gasteiger partial charge < -0.3 is 15.0 Å². The molecule has 0 bridgehead atoms. The average molecular weight is 274 g/mol. The van der Waals surface area contributed by atoms with Crippen molar-refractivity contribution in [2.24, 2.45) is 11.1 Å². The fourth-order valence-corrected chi connectivity index (χ4v) is 1.96. The van der Waals surface area contributed by atoms with Crippen molar-refractivity contribution in [2.45, 2.75) is 40.3 Å². The molecule has 108 valence electrons. The van der Waals surface area contributed by atoms with E-state index in [1.165, 1.54) is 0 Å². The van der Waals surface area contributed by atoms with Crippen molar-refractivity contribution in [2.75, 3.05) is 0 Å². The third-order valence-electron chi connectivity index (χ3n) is 3.05. The van der Waals surface area contributed by atoms with Crippen molar-refractivity contribution in [3.05, 3.63) is 30.5 Å². The average Bonchev–Trinajstić information content (AvgIpc) is 2.70. The number of nitrogens with zero attached hydrogens (tertiary/aromatic N) is 1. The number of rotatable bonds is 3. The third-order valence-corrected chi connectivity index (χ3v) is 3.05. The standard InChI is InChI=1S/C16H22N2O2/c1-11(17)10-18-8-7-12-5-6-13(9-14(12)18)20-15(19)16(2,3)4/h5-9,11H,10,17H2,1-4H3/t11-/m0/s1. The zero-order chi connectivity index (χ0) is 14.9. The maximum Gasteiger partial charge on any atom is 0.316 e. The van der Waals surface area contributed by atoms with Gasteiger partial charge in [0.15, 0.2) is 0 Å². The van der Waals surface area contributed by atoms with E-state index in [-0.39, 0.29) is 12.0 Å². The Morgan fingerprint density at radius 1 is 1.35 bits per heavy atom. The highest BCUT2D eigenvalue weighted by atomic mass is 16.5. The minimum Gasteiger partial charge on any atom is -0.426 e. The maximum atomic E-state index is 11.9. The molecule has 1 atom stereocenters. The van der Waals surface area contributed by atoms with E-state index in [9.17, 15) is 4.79 Å². The van der Waals surface area contributed by atoms with Gasteiger partial charge >= 0.3 is 5.97 Å². The van der Waals surface area contributed by atoms with Crippen LogP contribution in [-0.2, 0) is 11.3 Å². The predicted molar refractivity (Wildman–Crippen MR) is 80.7 cm³/mol. The van der Waals surface area contributed by atoms with Crippen molar-refractivity contribution in [1.29, 1.82) is 0 Å². The van der Waals surface area contributed by atoms with E-state index in [1.54, 1.807) is 0 Å². The summed E-state index contributed by atoms with van der Waals surface area (Å²) in [7, 11) is 0. The molecule has 2 N–H and O–H groups in total. The summed E-state index contributed by atoms with van der Waals surface area (Å²) in [6, 6.07) is 7.78. The first-order valence-electron chi connectivity index (χ1n) is 6.84. The Hall–Kier alpha value is -1.81. The van der Waals surface area contributed by atoms with E-state index in [0.717, 1.165) is 17.4 Å². The smallest absolute Gasteiger partial charge is 0.316 e. The molecule has 2 aromatic rings. The van der Waals surface area contributed by atoms with Gasteiger partial charge in [0.25, 0.3) is 0 Å². The van der Waals surface area contributed by atoms with Gasteiger partial charge in [-0.2, -0.15) is 0 Å². The van der Waals surface area contributed by atoms with E-state index in [0.29, 0.717) is 5.75 Å². The van der Waals surface area contributed by atoms with Gasteiger partial charge in [0.1, 0.15) is 5.75 Å². The Balaban J connectivity index is 2.30. The quantitative estimate of drug-likeness (QED) is 0.691. The molecule has 4 nitrogen and oxygen atoms in total. The number of hydrogen-bond donors (Lipinski definition) is 1. The van der Waals surface area contributed by atoms with Crippen molar-refractivity contribution < 1.29 is 9.53 Å². The first kappa shape index (κ1) is 14.6. The second-order valence-electron chi connectivity index (χ2n) is 6.31. The van der Waals surface area contributed by atoms with Crippen molar-refractivity contribution >= 4 is 16.9 Å². The predicted octanol–water partition coefficient (Wildman–Crippen LogP) is 2.94. The van der Waals surface area contributed by atoms with Gasteiger partial charge in [-0.15, -0.1) is 0 Å². The molecule has 0 saturated carbocycles. The summed E-state index contributed by atoms with van der Waals surface area (Å²) >= 11 is 0. The fourth-order valence-electron chi connectivity index (χ4n) is 1.96. The molecule has 0 aliphatic rings. The Morgan fingerprint density at radius 3 is 2.65 bits per heavy atom. The summed E-state index contributed by atoms with van der Waals surface area (Å²) in [5.41, 5.74) is 6.36. The highest BCUT2D eigenvalue weighted by Gasteiger charge is 2.23. The second kappa shape index (κ2) is 5.29. The largest absolute Gasteiger partial charge is 0.426 e. The highest BCUT2D eigenvalue weighted by molar-refractivity contribution is 5.83. The summed E-state index contributed by atoms with van der Waals surface area (Å²) in [5.74, 6) is 0.337. The van der Waals surface area contributed by atoms with Crippen LogP contribution in [0.1, 0.15) is 27.7 Å². The van der Waals surface area contributed by atoms with Crippen LogP contribution in [0.2, 0.25) is 0 Å². The molecule has 1 heterocycles. The maximum absolute atomic E-state index is 11.9. The molecular weight excluding hydrogens is 252 g/mol. The summed E-state index contributed by atoms with van der Waals surface area (Å²) in [6.07, 6.45) is 2.00. The van der Waals surface area contributed by atoms with Crippen LogP contribution in [0, 0.1) is 5.41 Å². The molecule has 0 radical (unpaired) electrons. The van der Waals surface area contributed by atoms with E-state index in [4.69, 9.17) is 10.5 Å². The molecular formula is C16H22N2O2. The van der Waals surface area contributed by atoms with Gasteiger partial charge in [-0.3, -0.25) is 4.79 Å². The second-order valence-corrected chi connectivity index (χ2v) is 6.31. The minimum atomic E-state index is -0.511. The first-order valence-corrected chi connectivity index (χ1v) is 6.84. The molecule has 0 unspecified atom stereocenters. The third kappa shape index (κ3) is 3.20. The number of esters is 1. The number of carbonyl (C=O) groups excluding carboxylic acids is 1. The molecule has 0 amide bonds. The van der Waals surface area contributed by atoms with E-state index >= 15 is 0 Å². The van der Waals surface area contributed by atoms with Crippen LogP contribution in [0.25, 0.3) is 10.9 Å². The number of fused-ring (bicyclic) bond motifs is 1. The lowest BCUT2D eigenvalue weighted by Gasteiger charge is -2.16. The number of ether oxygens (including phenoxy) is 1. The Morgan fingerprint density at radius 2 is 2.05 bits per heavy atom. The Bertz CT molecular complexity index is 621. The van der Waals surface area contributed by atoms with Crippen LogP contribution in [0.3, 0.4) is 0 Å². The molecule has 2 rings (SSSR count). The molecule has 0 fully saturated rings. The van der Waals surface area contributed by atoms with Gasteiger partial charge in [0, 0.05) is 24.8 Å². The molecule has 0 saturated heterocycles. The van der Waals surface area contributed by atoms with Crippen molar-refractivity contribution in [3.63, 3.8) is 0 Å². The van der Waals surface area contributed by atoms with Gasteiger partial charge in [-0.25, -0.2) is 0 Å². The first-order chi connectivity index (χ1) is 9.27. The van der Waals surface area contributed by atoms with Gasteiger partial charge in [-0.1, -0.05) is 0 Å². The zero-order valence-corrected chi connectivity index (χ0v) is 12.5. The fraction of sp³-hybridized carbons (Fsp3) is 0.438. The number of benzene rings is 1. The van der Waals surface area contributed by atoms with Crippen LogP contribution in [0.15, 0.2) is 30.5 Å². The summed E-state index contributed by atoms with van der Waals surface area (Å²) in [5, 5.41) is 1.11. The van der Waals surface area contributed by atoms with E-state index < -0.39 is 5.41 Å². The lowest BCUT2D eigenvalue weighted by atomic mass is 9.97. The number of carbonyl (C=O) groups is 1. The highest BCUT2D eigenvalue weighted by Crippen LogP contribution is 2.24. The van der Waals surface area contributed by atoms with Crippen LogP contribution >= 0.6 is 0 Å². The van der Waals surface area contributed by atoms with Crippen LogP contribution in [0.4, 0.5) is 0 Å². The number of hydrogen-bond acceptors (Lipinski definition) is 3. The topological polar surface area (TPSA) is 57.2 Å². The SMILES string of the molecule is C[C@H](N)Cn1ccc2ccc(OC(=O)C(C)(C)C)cc21. The van der Waals surface area contributed by atoms with Crippen LogP contribution in [-0.4, -0.2) is 16.6 Å². The summed E-state index contributed by atoms with van der Waals surface area (Å²) in [4.78, 5) is 11.9. The number of aromatic nitrogens is 1. The molecule has 0 aliphatic carbocycles. The molecule has 0 spiro atoms. The lowest BCUT2D eigenvalue weighted by molar-refractivity contribution is -0.142. The minimum absolute atomic E-state index is 0.0754. The monoisotopic (exact) mass is 274 g/mol. The van der Waals surface area contributed by atoms with Crippen molar-refractivity contribution in [3.8, 4) is 5.75 Å². The summed E-state index contributed by atoms with van der Waals surface area (Å²) in [6.45, 7) is 8.22.